The maximum absolute atomic E-state index is 9.65. The quantitative estimate of drug-likeness (QED) is 0.441. The molecule has 0 bridgehead atoms. The highest BCUT2D eigenvalue weighted by Crippen LogP contribution is 2.03. The van der Waals surface area contributed by atoms with Crippen molar-refractivity contribution in [2.24, 2.45) is 11.5 Å². The van der Waals surface area contributed by atoms with Crippen LogP contribution < -0.4 is 11.5 Å². The zero-order valence-corrected chi connectivity index (χ0v) is 8.22. The van der Waals surface area contributed by atoms with Gasteiger partial charge < -0.3 is 21.7 Å². The second-order valence-electron chi connectivity index (χ2n) is 3.14. The minimum atomic E-state index is -1.18. The van der Waals surface area contributed by atoms with Gasteiger partial charge in [-0.25, -0.2) is 0 Å². The van der Waals surface area contributed by atoms with Crippen molar-refractivity contribution in [1.82, 2.24) is 4.90 Å². The first-order chi connectivity index (χ1) is 6.61. The van der Waals surface area contributed by atoms with E-state index in [2.05, 4.69) is 4.90 Å². The van der Waals surface area contributed by atoms with E-state index in [4.69, 9.17) is 21.7 Å². The normalized spacial score (nSPS) is 18.5. The van der Waals surface area contributed by atoms with Gasteiger partial charge in [0.05, 0.1) is 6.61 Å². The number of aliphatic hydroxyl groups is 1. The van der Waals surface area contributed by atoms with Gasteiger partial charge in [0.15, 0.2) is 0 Å². The second kappa shape index (κ2) is 7.69. The first-order valence-electron chi connectivity index (χ1n) is 4.63. The Balaban J connectivity index is 0.000000241. The molecule has 84 valence electrons. The fourth-order valence-electron chi connectivity index (χ4n) is 1.04. The van der Waals surface area contributed by atoms with Gasteiger partial charge >= 0.3 is 5.97 Å². The van der Waals surface area contributed by atoms with Crippen LogP contribution in [0.5, 0.6) is 0 Å². The van der Waals surface area contributed by atoms with E-state index in [9.17, 15) is 4.79 Å². The summed E-state index contributed by atoms with van der Waals surface area (Å²) in [4.78, 5) is 11.9. The smallest absolute Gasteiger partial charge is 0.322 e. The van der Waals surface area contributed by atoms with E-state index in [1.54, 1.807) is 0 Å². The van der Waals surface area contributed by atoms with Crippen molar-refractivity contribution in [3.05, 3.63) is 0 Å². The molecule has 1 fully saturated rings. The van der Waals surface area contributed by atoms with Gasteiger partial charge in [0.25, 0.3) is 0 Å². The number of rotatable bonds is 3. The molecule has 6 N–H and O–H groups in total. The van der Waals surface area contributed by atoms with Gasteiger partial charge in [0, 0.05) is 6.67 Å². The summed E-state index contributed by atoms with van der Waals surface area (Å²) in [6, 6.07) is -1.13. The predicted octanol–water partition coefficient (Wildman–Crippen LogP) is -1.61. The Morgan fingerprint density at radius 1 is 1.43 bits per heavy atom. The number of carbonyl (C=O) groups is 1. The Morgan fingerprint density at radius 2 is 1.93 bits per heavy atom. The number of carboxylic acid groups (broad SMARTS) is 1. The second-order valence-corrected chi connectivity index (χ2v) is 3.14. The third-order valence-electron chi connectivity index (χ3n) is 1.97. The lowest BCUT2D eigenvalue weighted by Gasteiger charge is -2.08. The van der Waals surface area contributed by atoms with Crippen molar-refractivity contribution in [2.45, 2.75) is 18.9 Å². The molecular weight excluding hydrogens is 186 g/mol. The van der Waals surface area contributed by atoms with E-state index in [-0.39, 0.29) is 0 Å². The molecule has 14 heavy (non-hydrogen) atoms. The standard InChI is InChI=1S/C5H12N2.C3H7NO3/c6-5-7-3-1-2-4-7;4-2(1-5)3(6)7/h1-6H2;2,5H,1,4H2,(H,6,7). The largest absolute Gasteiger partial charge is 0.480 e. The lowest BCUT2D eigenvalue weighted by molar-refractivity contribution is -0.139. The van der Waals surface area contributed by atoms with E-state index in [1.807, 2.05) is 0 Å². The van der Waals surface area contributed by atoms with Crippen LogP contribution in [0.3, 0.4) is 0 Å². The lowest BCUT2D eigenvalue weighted by atomic mass is 10.3. The highest BCUT2D eigenvalue weighted by Gasteiger charge is 2.07. The van der Waals surface area contributed by atoms with E-state index in [0.29, 0.717) is 0 Å². The molecule has 0 saturated carbocycles. The SMILES string of the molecule is NC(CO)C(=O)O.NCN1CCCC1. The summed E-state index contributed by atoms with van der Waals surface area (Å²) in [7, 11) is 0. The van der Waals surface area contributed by atoms with Crippen LogP contribution >= 0.6 is 0 Å². The molecule has 1 unspecified atom stereocenters. The zero-order valence-electron chi connectivity index (χ0n) is 8.22. The van der Waals surface area contributed by atoms with E-state index in [0.717, 1.165) is 6.67 Å². The molecule has 0 aromatic carbocycles. The van der Waals surface area contributed by atoms with Crippen LogP contribution in [0.1, 0.15) is 12.8 Å². The van der Waals surface area contributed by atoms with E-state index < -0.39 is 18.6 Å². The van der Waals surface area contributed by atoms with Crippen LogP contribution in [-0.2, 0) is 4.79 Å². The molecule has 0 aromatic rings. The number of hydrogen-bond acceptors (Lipinski definition) is 5. The van der Waals surface area contributed by atoms with Crippen molar-refractivity contribution in [2.75, 3.05) is 26.4 Å². The maximum Gasteiger partial charge on any atom is 0.322 e. The first-order valence-corrected chi connectivity index (χ1v) is 4.63. The summed E-state index contributed by atoms with van der Waals surface area (Å²) >= 11 is 0. The molecule has 6 nitrogen and oxygen atoms in total. The average molecular weight is 205 g/mol. The molecule has 1 aliphatic rings. The van der Waals surface area contributed by atoms with Crippen LogP contribution in [0, 0.1) is 0 Å². The van der Waals surface area contributed by atoms with Gasteiger partial charge in [-0.05, 0) is 25.9 Å². The summed E-state index contributed by atoms with van der Waals surface area (Å²) in [6.07, 6.45) is 2.69. The summed E-state index contributed by atoms with van der Waals surface area (Å²) in [5.41, 5.74) is 10.1. The van der Waals surface area contributed by atoms with Gasteiger partial charge in [-0.2, -0.15) is 0 Å². The molecule has 0 radical (unpaired) electrons. The maximum atomic E-state index is 9.65. The molecule has 0 amide bonds. The highest BCUT2D eigenvalue weighted by molar-refractivity contribution is 5.73. The van der Waals surface area contributed by atoms with Gasteiger partial charge in [-0.1, -0.05) is 0 Å². The minimum absolute atomic E-state index is 0.505. The van der Waals surface area contributed by atoms with E-state index in [1.165, 1.54) is 25.9 Å². The van der Waals surface area contributed by atoms with Gasteiger partial charge in [0.2, 0.25) is 0 Å². The number of aliphatic carboxylic acids is 1. The molecule has 1 heterocycles. The van der Waals surface area contributed by atoms with Crippen molar-refractivity contribution in [3.63, 3.8) is 0 Å². The van der Waals surface area contributed by atoms with Gasteiger partial charge in [-0.3, -0.25) is 9.69 Å². The predicted molar refractivity (Wildman–Crippen MR) is 52.6 cm³/mol. The number of nitrogens with zero attached hydrogens (tertiary/aromatic N) is 1. The summed E-state index contributed by atoms with van der Waals surface area (Å²) in [5.74, 6) is -1.18. The number of aliphatic hydroxyl groups excluding tert-OH is 1. The fraction of sp³-hybridized carbons (Fsp3) is 0.875. The summed E-state index contributed by atoms with van der Waals surface area (Å²) in [6.45, 7) is 2.68. The van der Waals surface area contributed by atoms with Crippen molar-refractivity contribution in [3.8, 4) is 0 Å². The monoisotopic (exact) mass is 205 g/mol. The molecule has 1 rings (SSSR count). The first kappa shape index (κ1) is 13.3. The fourth-order valence-corrected chi connectivity index (χ4v) is 1.04. The number of likely N-dealkylation sites (tertiary alicyclic amines) is 1. The van der Waals surface area contributed by atoms with Crippen molar-refractivity contribution >= 4 is 5.97 Å². The number of hydrogen-bond donors (Lipinski definition) is 4. The molecule has 1 atom stereocenters. The third kappa shape index (κ3) is 5.87. The minimum Gasteiger partial charge on any atom is -0.480 e. The molecule has 1 saturated heterocycles. The Morgan fingerprint density at radius 3 is 2.07 bits per heavy atom. The van der Waals surface area contributed by atoms with Crippen molar-refractivity contribution in [1.29, 1.82) is 0 Å². The van der Waals surface area contributed by atoms with Crippen LogP contribution in [-0.4, -0.2) is 53.5 Å². The summed E-state index contributed by atoms with van der Waals surface area (Å²) < 4.78 is 0. The van der Waals surface area contributed by atoms with Crippen LogP contribution in [0.15, 0.2) is 0 Å². The molecule has 6 heteroatoms. The van der Waals surface area contributed by atoms with Crippen LogP contribution in [0.25, 0.3) is 0 Å². The Hall–Kier alpha value is -0.690. The van der Waals surface area contributed by atoms with Gasteiger partial charge in [0.1, 0.15) is 6.04 Å². The molecule has 0 spiro atoms. The third-order valence-corrected chi connectivity index (χ3v) is 1.97. The van der Waals surface area contributed by atoms with Gasteiger partial charge in [-0.15, -0.1) is 0 Å². The highest BCUT2D eigenvalue weighted by atomic mass is 16.4. The molecular formula is C8H19N3O3. The Kier molecular flexibility index (Phi) is 7.31. The summed E-state index contributed by atoms with van der Waals surface area (Å²) in [5, 5.41) is 15.9. The van der Waals surface area contributed by atoms with Crippen molar-refractivity contribution < 1.29 is 15.0 Å². The Labute approximate surface area is 83.5 Å². The number of nitrogens with two attached hydrogens (primary N) is 2. The Bertz CT molecular complexity index is 160. The van der Waals surface area contributed by atoms with E-state index >= 15 is 0 Å². The molecule has 1 aliphatic heterocycles. The topological polar surface area (TPSA) is 113 Å². The molecule has 0 aromatic heterocycles. The van der Waals surface area contributed by atoms with Crippen LogP contribution in [0.4, 0.5) is 0 Å². The molecule has 0 aliphatic carbocycles. The van der Waals surface area contributed by atoms with Crippen LogP contribution in [0.2, 0.25) is 0 Å². The average Bonchev–Trinajstić information content (AvgIpc) is 2.69. The lowest BCUT2D eigenvalue weighted by Crippen LogP contribution is -2.33. The zero-order chi connectivity index (χ0) is 11.0. The number of carboxylic acids is 1.